The Labute approximate surface area is 103 Å². The van der Waals surface area contributed by atoms with Crippen LogP contribution in [0.5, 0.6) is 0 Å². The van der Waals surface area contributed by atoms with Gasteiger partial charge in [0.1, 0.15) is 12.4 Å². The second kappa shape index (κ2) is 7.97. The Bertz CT molecular complexity index is 332. The summed E-state index contributed by atoms with van der Waals surface area (Å²) in [5.74, 6) is 1.57. The maximum atomic E-state index is 5.40. The number of rotatable bonds is 8. The molecule has 0 spiro atoms. The number of ether oxygens (including phenoxy) is 2. The lowest BCUT2D eigenvalue weighted by atomic mass is 10.4. The number of hydrogen-bond donors (Lipinski definition) is 1. The van der Waals surface area contributed by atoms with Crippen LogP contribution in [-0.4, -0.2) is 36.8 Å². The molecule has 0 saturated carbocycles. The first-order chi connectivity index (χ1) is 8.26. The number of methoxy groups -OCH3 is 1. The van der Waals surface area contributed by atoms with Crippen molar-refractivity contribution in [3.05, 3.63) is 17.6 Å². The van der Waals surface area contributed by atoms with Gasteiger partial charge in [-0.3, -0.25) is 0 Å². The molecule has 0 aliphatic rings. The summed E-state index contributed by atoms with van der Waals surface area (Å²) >= 11 is 0. The largest absolute Gasteiger partial charge is 0.382 e. The van der Waals surface area contributed by atoms with Gasteiger partial charge in [-0.15, -0.1) is 0 Å². The maximum absolute atomic E-state index is 5.40. The summed E-state index contributed by atoms with van der Waals surface area (Å²) in [7, 11) is 1.65. The summed E-state index contributed by atoms with van der Waals surface area (Å²) in [6.07, 6.45) is 1.07. The standard InChI is InChI=1S/C12H21N3O2/c1-4-5-13-11-8-10(2)14-12(15-11)9-17-7-6-16-3/h8H,4-7,9H2,1-3H3,(H,13,14,15). The van der Waals surface area contributed by atoms with E-state index in [-0.39, 0.29) is 0 Å². The van der Waals surface area contributed by atoms with Gasteiger partial charge in [0.15, 0.2) is 5.82 Å². The maximum Gasteiger partial charge on any atom is 0.156 e. The van der Waals surface area contributed by atoms with Gasteiger partial charge in [-0.05, 0) is 13.3 Å². The summed E-state index contributed by atoms with van der Waals surface area (Å²) < 4.78 is 10.3. The summed E-state index contributed by atoms with van der Waals surface area (Å²) in [5.41, 5.74) is 0.948. The van der Waals surface area contributed by atoms with Crippen LogP contribution in [0, 0.1) is 6.92 Å². The van der Waals surface area contributed by atoms with Crippen LogP contribution >= 0.6 is 0 Å². The SMILES string of the molecule is CCCNc1cc(C)nc(COCCOC)n1. The lowest BCUT2D eigenvalue weighted by Crippen LogP contribution is -2.08. The molecule has 96 valence electrons. The zero-order chi connectivity index (χ0) is 12.5. The highest BCUT2D eigenvalue weighted by Gasteiger charge is 2.02. The first kappa shape index (κ1) is 13.9. The molecule has 1 heterocycles. The molecule has 1 rings (SSSR count). The van der Waals surface area contributed by atoms with Gasteiger partial charge < -0.3 is 14.8 Å². The second-order valence-corrected chi connectivity index (χ2v) is 3.78. The smallest absolute Gasteiger partial charge is 0.156 e. The van der Waals surface area contributed by atoms with Gasteiger partial charge >= 0.3 is 0 Å². The highest BCUT2D eigenvalue weighted by atomic mass is 16.5. The van der Waals surface area contributed by atoms with E-state index in [1.54, 1.807) is 7.11 Å². The number of anilines is 1. The van der Waals surface area contributed by atoms with Gasteiger partial charge in [-0.1, -0.05) is 6.92 Å². The third-order valence-electron chi connectivity index (χ3n) is 2.12. The molecule has 0 atom stereocenters. The van der Waals surface area contributed by atoms with Crippen LogP contribution in [0.1, 0.15) is 24.9 Å². The van der Waals surface area contributed by atoms with Crippen molar-refractivity contribution >= 4 is 5.82 Å². The van der Waals surface area contributed by atoms with Crippen LogP contribution < -0.4 is 5.32 Å². The number of hydrogen-bond acceptors (Lipinski definition) is 5. The molecule has 1 aromatic heterocycles. The molecule has 17 heavy (non-hydrogen) atoms. The molecule has 0 bridgehead atoms. The molecule has 0 unspecified atom stereocenters. The van der Waals surface area contributed by atoms with Gasteiger partial charge in [-0.25, -0.2) is 9.97 Å². The molecular formula is C12H21N3O2. The highest BCUT2D eigenvalue weighted by molar-refractivity contribution is 5.35. The lowest BCUT2D eigenvalue weighted by Gasteiger charge is -2.08. The van der Waals surface area contributed by atoms with E-state index in [0.717, 1.165) is 24.5 Å². The fraction of sp³-hybridized carbons (Fsp3) is 0.667. The highest BCUT2D eigenvalue weighted by Crippen LogP contribution is 2.07. The second-order valence-electron chi connectivity index (χ2n) is 3.78. The van der Waals surface area contributed by atoms with Gasteiger partial charge in [-0.2, -0.15) is 0 Å². The van der Waals surface area contributed by atoms with Crippen molar-refractivity contribution in [1.82, 2.24) is 9.97 Å². The Morgan fingerprint density at radius 1 is 1.29 bits per heavy atom. The Hall–Kier alpha value is -1.20. The van der Waals surface area contributed by atoms with E-state index in [1.807, 2.05) is 13.0 Å². The van der Waals surface area contributed by atoms with E-state index in [4.69, 9.17) is 9.47 Å². The van der Waals surface area contributed by atoms with Crippen LogP contribution in [-0.2, 0) is 16.1 Å². The predicted octanol–water partition coefficient (Wildman–Crippen LogP) is 1.77. The van der Waals surface area contributed by atoms with Crippen molar-refractivity contribution in [2.24, 2.45) is 0 Å². The zero-order valence-electron chi connectivity index (χ0n) is 10.8. The first-order valence-electron chi connectivity index (χ1n) is 5.91. The average molecular weight is 239 g/mol. The normalized spacial score (nSPS) is 10.5. The van der Waals surface area contributed by atoms with Gasteiger partial charge in [0, 0.05) is 25.4 Å². The van der Waals surface area contributed by atoms with E-state index < -0.39 is 0 Å². The summed E-state index contributed by atoms with van der Waals surface area (Å²) in [5, 5.41) is 3.25. The average Bonchev–Trinajstić information content (AvgIpc) is 2.31. The number of nitrogens with zero attached hydrogens (tertiary/aromatic N) is 2. The van der Waals surface area contributed by atoms with E-state index in [0.29, 0.717) is 25.6 Å². The van der Waals surface area contributed by atoms with Gasteiger partial charge in [0.2, 0.25) is 0 Å². The minimum atomic E-state index is 0.422. The zero-order valence-corrected chi connectivity index (χ0v) is 10.8. The van der Waals surface area contributed by atoms with Crippen LogP contribution in [0.2, 0.25) is 0 Å². The minimum Gasteiger partial charge on any atom is -0.382 e. The van der Waals surface area contributed by atoms with Gasteiger partial charge in [0.05, 0.1) is 13.2 Å². The predicted molar refractivity (Wildman–Crippen MR) is 67.1 cm³/mol. The molecular weight excluding hydrogens is 218 g/mol. The van der Waals surface area contributed by atoms with Crippen molar-refractivity contribution in [2.45, 2.75) is 26.9 Å². The Balaban J connectivity index is 2.50. The molecule has 0 aliphatic heterocycles. The van der Waals surface area contributed by atoms with Crippen LogP contribution in [0.15, 0.2) is 6.07 Å². The van der Waals surface area contributed by atoms with Gasteiger partial charge in [0.25, 0.3) is 0 Å². The summed E-state index contributed by atoms with van der Waals surface area (Å²) in [4.78, 5) is 8.70. The monoisotopic (exact) mass is 239 g/mol. The van der Waals surface area contributed by atoms with E-state index >= 15 is 0 Å². The molecule has 0 fully saturated rings. The van der Waals surface area contributed by atoms with Crippen LogP contribution in [0.4, 0.5) is 5.82 Å². The van der Waals surface area contributed by atoms with Crippen molar-refractivity contribution in [3.8, 4) is 0 Å². The van der Waals surface area contributed by atoms with Crippen LogP contribution in [0.3, 0.4) is 0 Å². The molecule has 0 radical (unpaired) electrons. The summed E-state index contributed by atoms with van der Waals surface area (Å²) in [6, 6.07) is 1.94. The topological polar surface area (TPSA) is 56.3 Å². The Morgan fingerprint density at radius 2 is 2.12 bits per heavy atom. The van der Waals surface area contributed by atoms with Crippen molar-refractivity contribution in [3.63, 3.8) is 0 Å². The fourth-order valence-electron chi connectivity index (χ4n) is 1.34. The van der Waals surface area contributed by atoms with Crippen molar-refractivity contribution < 1.29 is 9.47 Å². The molecule has 0 amide bonds. The van der Waals surface area contributed by atoms with E-state index in [9.17, 15) is 0 Å². The number of aryl methyl sites for hydroxylation is 1. The molecule has 5 nitrogen and oxygen atoms in total. The van der Waals surface area contributed by atoms with E-state index in [1.165, 1.54) is 0 Å². The molecule has 0 aliphatic carbocycles. The van der Waals surface area contributed by atoms with Crippen molar-refractivity contribution in [2.75, 3.05) is 32.2 Å². The van der Waals surface area contributed by atoms with E-state index in [2.05, 4.69) is 22.2 Å². The third-order valence-corrected chi connectivity index (χ3v) is 2.12. The molecule has 0 saturated heterocycles. The molecule has 0 aromatic carbocycles. The molecule has 5 heteroatoms. The first-order valence-corrected chi connectivity index (χ1v) is 5.91. The summed E-state index contributed by atoms with van der Waals surface area (Å²) in [6.45, 7) is 6.57. The molecule has 1 N–H and O–H groups in total. The van der Waals surface area contributed by atoms with Crippen molar-refractivity contribution in [1.29, 1.82) is 0 Å². The quantitative estimate of drug-likeness (QED) is 0.701. The Morgan fingerprint density at radius 3 is 2.82 bits per heavy atom. The molecule has 1 aromatic rings. The lowest BCUT2D eigenvalue weighted by molar-refractivity contribution is 0.0586. The fourth-order valence-corrected chi connectivity index (χ4v) is 1.34. The third kappa shape index (κ3) is 5.60. The Kier molecular flexibility index (Phi) is 6.50. The van der Waals surface area contributed by atoms with Crippen LogP contribution in [0.25, 0.3) is 0 Å². The number of nitrogens with one attached hydrogen (secondary N) is 1. The minimum absolute atomic E-state index is 0.422. The number of aromatic nitrogens is 2.